The van der Waals surface area contributed by atoms with E-state index in [1.807, 2.05) is 6.20 Å². The fraction of sp³-hybridized carbons (Fsp3) is 0.600. The van der Waals surface area contributed by atoms with Gasteiger partial charge in [-0.2, -0.15) is 0 Å². The predicted octanol–water partition coefficient (Wildman–Crippen LogP) is 1.64. The summed E-state index contributed by atoms with van der Waals surface area (Å²) < 4.78 is 1.07. The number of hydrogen-bond donors (Lipinski definition) is 2. The van der Waals surface area contributed by atoms with Crippen molar-refractivity contribution in [3.05, 3.63) is 16.1 Å². The van der Waals surface area contributed by atoms with Gasteiger partial charge in [-0.05, 0) is 48.4 Å². The Kier molecular flexibility index (Phi) is 4.13. The number of nitrogens with one attached hydrogen (secondary N) is 2. The van der Waals surface area contributed by atoms with Gasteiger partial charge >= 0.3 is 0 Å². The second kappa shape index (κ2) is 5.60. The van der Waals surface area contributed by atoms with Crippen LogP contribution in [0.1, 0.15) is 19.3 Å². The summed E-state index contributed by atoms with van der Waals surface area (Å²) in [6.07, 6.45) is 7.25. The van der Waals surface area contributed by atoms with Crippen molar-refractivity contribution in [3.8, 4) is 0 Å². The third-order valence-corrected chi connectivity index (χ3v) is 3.11. The van der Waals surface area contributed by atoms with Gasteiger partial charge in [0.2, 0.25) is 0 Å². The number of hydrogen-bond acceptors (Lipinski definition) is 4. The second-order valence-electron chi connectivity index (χ2n) is 3.73. The van der Waals surface area contributed by atoms with E-state index in [1.54, 1.807) is 6.33 Å². The van der Waals surface area contributed by atoms with Crippen molar-refractivity contribution in [2.75, 3.05) is 18.4 Å². The Labute approximate surface area is 103 Å². The summed E-state index contributed by atoms with van der Waals surface area (Å²) in [5, 5.41) is 6.79. The average molecular weight is 318 g/mol. The molecule has 1 heterocycles. The minimum atomic E-state index is 0.809. The summed E-state index contributed by atoms with van der Waals surface area (Å²) in [5.74, 6) is 0.942. The SMILES string of the molecule is Ic1cncnc1NCCCNC1CC1. The molecule has 0 aliphatic heterocycles. The Bertz CT molecular complexity index is 314. The van der Waals surface area contributed by atoms with Crippen LogP contribution in [0.5, 0.6) is 0 Å². The molecule has 0 saturated heterocycles. The fourth-order valence-electron chi connectivity index (χ4n) is 1.33. The second-order valence-corrected chi connectivity index (χ2v) is 4.89. The molecule has 4 nitrogen and oxygen atoms in total. The molecular weight excluding hydrogens is 303 g/mol. The number of aromatic nitrogens is 2. The molecule has 2 N–H and O–H groups in total. The quantitative estimate of drug-likeness (QED) is 0.618. The maximum atomic E-state index is 4.17. The summed E-state index contributed by atoms with van der Waals surface area (Å²) in [6, 6.07) is 0.809. The molecule has 15 heavy (non-hydrogen) atoms. The van der Waals surface area contributed by atoms with Gasteiger partial charge in [-0.1, -0.05) is 0 Å². The highest BCUT2D eigenvalue weighted by molar-refractivity contribution is 14.1. The summed E-state index contributed by atoms with van der Waals surface area (Å²) in [5.41, 5.74) is 0. The Balaban J connectivity index is 1.62. The monoisotopic (exact) mass is 318 g/mol. The van der Waals surface area contributed by atoms with Crippen molar-refractivity contribution in [3.63, 3.8) is 0 Å². The van der Waals surface area contributed by atoms with Gasteiger partial charge in [0, 0.05) is 18.8 Å². The highest BCUT2D eigenvalue weighted by atomic mass is 127. The smallest absolute Gasteiger partial charge is 0.142 e. The molecule has 5 heteroatoms. The minimum Gasteiger partial charge on any atom is -0.369 e. The van der Waals surface area contributed by atoms with E-state index in [9.17, 15) is 0 Å². The average Bonchev–Trinajstić information content (AvgIpc) is 3.04. The molecule has 0 atom stereocenters. The lowest BCUT2D eigenvalue weighted by Gasteiger charge is -2.06. The Morgan fingerprint density at radius 1 is 1.40 bits per heavy atom. The van der Waals surface area contributed by atoms with Crippen LogP contribution in [0.25, 0.3) is 0 Å². The Morgan fingerprint density at radius 3 is 3.00 bits per heavy atom. The van der Waals surface area contributed by atoms with Crippen LogP contribution >= 0.6 is 22.6 Å². The maximum Gasteiger partial charge on any atom is 0.142 e. The van der Waals surface area contributed by atoms with E-state index in [2.05, 4.69) is 43.2 Å². The van der Waals surface area contributed by atoms with Crippen molar-refractivity contribution in [2.24, 2.45) is 0 Å². The zero-order chi connectivity index (χ0) is 10.5. The number of halogens is 1. The molecule has 82 valence electrons. The zero-order valence-corrected chi connectivity index (χ0v) is 10.7. The van der Waals surface area contributed by atoms with E-state index in [-0.39, 0.29) is 0 Å². The van der Waals surface area contributed by atoms with E-state index in [0.29, 0.717) is 0 Å². The molecule has 1 aliphatic carbocycles. The van der Waals surface area contributed by atoms with E-state index in [4.69, 9.17) is 0 Å². The molecule has 1 fully saturated rings. The first-order chi connectivity index (χ1) is 7.36. The normalized spacial score (nSPS) is 15.3. The van der Waals surface area contributed by atoms with Crippen LogP contribution in [-0.4, -0.2) is 29.1 Å². The Morgan fingerprint density at radius 2 is 2.27 bits per heavy atom. The van der Waals surface area contributed by atoms with Crippen LogP contribution < -0.4 is 10.6 Å². The van der Waals surface area contributed by atoms with Gasteiger partial charge in [-0.15, -0.1) is 0 Å². The topological polar surface area (TPSA) is 49.8 Å². The lowest BCUT2D eigenvalue weighted by atomic mass is 10.4. The lowest BCUT2D eigenvalue weighted by Crippen LogP contribution is -2.20. The fourth-order valence-corrected chi connectivity index (χ4v) is 1.82. The summed E-state index contributed by atoms with van der Waals surface area (Å²) >= 11 is 2.24. The van der Waals surface area contributed by atoms with Gasteiger partial charge < -0.3 is 10.6 Å². The van der Waals surface area contributed by atoms with Crippen LogP contribution in [0.15, 0.2) is 12.5 Å². The standard InChI is InChI=1S/C10H15IN4/c11-9-6-12-7-15-10(9)14-5-1-4-13-8-2-3-8/h6-8,13H,1-5H2,(H,12,14,15). The summed E-state index contributed by atoms with van der Waals surface area (Å²) in [6.45, 7) is 2.06. The first-order valence-electron chi connectivity index (χ1n) is 5.29. The molecule has 0 radical (unpaired) electrons. The molecule has 1 aromatic rings. The van der Waals surface area contributed by atoms with Crippen LogP contribution in [0.4, 0.5) is 5.82 Å². The third-order valence-electron chi connectivity index (χ3n) is 2.32. The summed E-state index contributed by atoms with van der Waals surface area (Å²) in [4.78, 5) is 8.12. The Hall–Kier alpha value is -0.430. The van der Waals surface area contributed by atoms with Crippen molar-refractivity contribution in [1.29, 1.82) is 0 Å². The van der Waals surface area contributed by atoms with Crippen LogP contribution in [0, 0.1) is 3.57 Å². The number of nitrogens with zero attached hydrogens (tertiary/aromatic N) is 2. The molecule has 0 aromatic carbocycles. The molecule has 2 rings (SSSR count). The van der Waals surface area contributed by atoms with E-state index < -0.39 is 0 Å². The molecule has 0 amide bonds. The van der Waals surface area contributed by atoms with Gasteiger partial charge in [0.05, 0.1) is 3.57 Å². The van der Waals surface area contributed by atoms with Crippen molar-refractivity contribution < 1.29 is 0 Å². The molecule has 1 aromatic heterocycles. The van der Waals surface area contributed by atoms with Gasteiger partial charge in [0.15, 0.2) is 0 Å². The van der Waals surface area contributed by atoms with Gasteiger partial charge in [0.1, 0.15) is 12.1 Å². The first-order valence-corrected chi connectivity index (χ1v) is 6.37. The van der Waals surface area contributed by atoms with E-state index in [0.717, 1.165) is 34.9 Å². The highest BCUT2D eigenvalue weighted by Gasteiger charge is 2.19. The van der Waals surface area contributed by atoms with E-state index in [1.165, 1.54) is 12.8 Å². The molecule has 1 aliphatic rings. The van der Waals surface area contributed by atoms with E-state index >= 15 is 0 Å². The predicted molar refractivity (Wildman–Crippen MR) is 68.9 cm³/mol. The zero-order valence-electron chi connectivity index (χ0n) is 8.54. The number of anilines is 1. The van der Waals surface area contributed by atoms with Gasteiger partial charge in [-0.3, -0.25) is 0 Å². The lowest BCUT2D eigenvalue weighted by molar-refractivity contribution is 0.658. The first kappa shape index (κ1) is 11.1. The summed E-state index contributed by atoms with van der Waals surface area (Å²) in [7, 11) is 0. The molecule has 1 saturated carbocycles. The number of rotatable bonds is 6. The van der Waals surface area contributed by atoms with Crippen molar-refractivity contribution >= 4 is 28.4 Å². The third kappa shape index (κ3) is 3.90. The van der Waals surface area contributed by atoms with Gasteiger partial charge in [-0.25, -0.2) is 9.97 Å². The largest absolute Gasteiger partial charge is 0.369 e. The van der Waals surface area contributed by atoms with Crippen molar-refractivity contribution in [1.82, 2.24) is 15.3 Å². The van der Waals surface area contributed by atoms with Crippen LogP contribution in [-0.2, 0) is 0 Å². The minimum absolute atomic E-state index is 0.809. The van der Waals surface area contributed by atoms with Crippen molar-refractivity contribution in [2.45, 2.75) is 25.3 Å². The highest BCUT2D eigenvalue weighted by Crippen LogP contribution is 2.18. The molecular formula is C10H15IN4. The van der Waals surface area contributed by atoms with Crippen LogP contribution in [0.3, 0.4) is 0 Å². The molecule has 0 bridgehead atoms. The van der Waals surface area contributed by atoms with Gasteiger partial charge in [0.25, 0.3) is 0 Å². The van der Waals surface area contributed by atoms with Crippen LogP contribution in [0.2, 0.25) is 0 Å². The maximum absolute atomic E-state index is 4.17. The molecule has 0 spiro atoms. The molecule has 0 unspecified atom stereocenters.